The van der Waals surface area contributed by atoms with Crippen molar-refractivity contribution in [2.75, 3.05) is 20.3 Å². The molecule has 4 rings (SSSR count). The smallest absolute Gasteiger partial charge is 0.305 e. The van der Waals surface area contributed by atoms with Gasteiger partial charge in [-0.2, -0.15) is 0 Å². The van der Waals surface area contributed by atoms with Crippen LogP contribution in [0, 0.1) is 11.8 Å². The third-order valence-corrected chi connectivity index (χ3v) is 10.6. The van der Waals surface area contributed by atoms with Crippen molar-refractivity contribution in [3.63, 3.8) is 0 Å². The first kappa shape index (κ1) is 32.6. The molecule has 1 saturated carbocycles. The van der Waals surface area contributed by atoms with E-state index in [1.165, 1.54) is 26.4 Å². The van der Waals surface area contributed by atoms with Crippen LogP contribution in [0.4, 0.5) is 0 Å². The molecule has 230 valence electrons. The molecule has 4 fully saturated rings. The monoisotopic (exact) mass is 676 g/mol. The maximum atomic E-state index is 11.6. The van der Waals surface area contributed by atoms with Crippen LogP contribution >= 0.6 is 22.6 Å². The van der Waals surface area contributed by atoms with Gasteiger partial charge in [-0.25, -0.2) is 0 Å². The summed E-state index contributed by atoms with van der Waals surface area (Å²) in [4.78, 5) is 11.6. The lowest BCUT2D eigenvalue weighted by Crippen LogP contribution is -2.36. The Kier molecular flexibility index (Phi) is 13.5. The Labute approximate surface area is 255 Å². The van der Waals surface area contributed by atoms with Crippen molar-refractivity contribution < 1.29 is 33.2 Å². The minimum Gasteiger partial charge on any atom is -0.469 e. The van der Waals surface area contributed by atoms with E-state index in [4.69, 9.17) is 28.4 Å². The van der Waals surface area contributed by atoms with Gasteiger partial charge in [0.1, 0.15) is 0 Å². The molecule has 3 saturated heterocycles. The van der Waals surface area contributed by atoms with Crippen LogP contribution in [-0.2, 0) is 33.2 Å². The molecule has 0 radical (unpaired) electrons. The Balaban J connectivity index is 1.44. The largest absolute Gasteiger partial charge is 0.469 e. The SMILES string of the molecule is CCCCCC(C)(/C=C/[C@@H]1[C@H]2CC(C(I)CCCC(=O)OC)O[C@H]2C[C@H]1OC1CCCCO1)OC1CCCCO1. The standard InChI is InChI=1S/C32H53IO7/c1-4-5-8-17-32(2,40-31-15-7-10-20-37-31)18-16-23-24-21-28(25(33)12-11-13-29(34)35-3)38-27(24)22-26(23)39-30-14-6-9-19-36-30/h16,18,23-28,30-31H,4-15,17,19-22H2,1-3H3/b18-16+/t23-,24-,25?,26-,27+,28?,30?,31?,32?/m1/s1. The van der Waals surface area contributed by atoms with Crippen molar-refractivity contribution in [3.05, 3.63) is 12.2 Å². The van der Waals surface area contributed by atoms with Gasteiger partial charge >= 0.3 is 5.97 Å². The Morgan fingerprint density at radius 2 is 1.80 bits per heavy atom. The van der Waals surface area contributed by atoms with E-state index in [2.05, 4.69) is 48.6 Å². The molecule has 3 heterocycles. The molecule has 3 aliphatic heterocycles. The second-order valence-electron chi connectivity index (χ2n) is 12.4. The summed E-state index contributed by atoms with van der Waals surface area (Å²) in [5.74, 6) is 0.546. The molecule has 0 aromatic carbocycles. The average Bonchev–Trinajstić information content (AvgIpc) is 3.51. The highest BCUT2D eigenvalue weighted by molar-refractivity contribution is 14.1. The highest BCUT2D eigenvalue weighted by Crippen LogP contribution is 2.48. The number of fused-ring (bicyclic) bond motifs is 1. The number of carbonyl (C=O) groups excluding carboxylic acids is 1. The lowest BCUT2D eigenvalue weighted by Gasteiger charge is -2.34. The molecule has 0 bridgehead atoms. The predicted octanol–water partition coefficient (Wildman–Crippen LogP) is 7.28. The number of ether oxygens (including phenoxy) is 6. The summed E-state index contributed by atoms with van der Waals surface area (Å²) in [5, 5.41) is 0. The molecule has 0 N–H and O–H groups in total. The van der Waals surface area contributed by atoms with E-state index < -0.39 is 0 Å². The summed E-state index contributed by atoms with van der Waals surface area (Å²) < 4.78 is 37.2. The lowest BCUT2D eigenvalue weighted by molar-refractivity contribution is -0.208. The van der Waals surface area contributed by atoms with E-state index >= 15 is 0 Å². The van der Waals surface area contributed by atoms with Gasteiger partial charge in [0.25, 0.3) is 0 Å². The molecular weight excluding hydrogens is 623 g/mol. The van der Waals surface area contributed by atoms with Gasteiger partial charge in [0, 0.05) is 35.9 Å². The van der Waals surface area contributed by atoms with E-state index in [-0.39, 0.29) is 48.4 Å². The second kappa shape index (κ2) is 16.6. The summed E-state index contributed by atoms with van der Waals surface area (Å²) in [6.07, 6.45) is 20.2. The van der Waals surface area contributed by atoms with Gasteiger partial charge in [0.2, 0.25) is 0 Å². The van der Waals surface area contributed by atoms with Gasteiger partial charge in [-0.05, 0) is 77.0 Å². The maximum absolute atomic E-state index is 11.6. The van der Waals surface area contributed by atoms with Gasteiger partial charge in [0.15, 0.2) is 12.6 Å². The topological polar surface area (TPSA) is 72.5 Å². The van der Waals surface area contributed by atoms with Crippen LogP contribution in [-0.4, -0.2) is 66.7 Å². The van der Waals surface area contributed by atoms with Crippen LogP contribution in [0.3, 0.4) is 0 Å². The quantitative estimate of drug-likeness (QED) is 0.0594. The van der Waals surface area contributed by atoms with Gasteiger partial charge in [0.05, 0.1) is 31.0 Å². The van der Waals surface area contributed by atoms with Crippen LogP contribution in [0.15, 0.2) is 12.2 Å². The van der Waals surface area contributed by atoms with E-state index in [9.17, 15) is 4.79 Å². The van der Waals surface area contributed by atoms with Crippen LogP contribution < -0.4 is 0 Å². The van der Waals surface area contributed by atoms with Crippen molar-refractivity contribution in [2.24, 2.45) is 11.8 Å². The number of esters is 1. The highest BCUT2D eigenvalue weighted by atomic mass is 127. The summed E-state index contributed by atoms with van der Waals surface area (Å²) >= 11 is 2.52. The summed E-state index contributed by atoms with van der Waals surface area (Å²) in [6.45, 7) is 6.06. The Morgan fingerprint density at radius 3 is 2.48 bits per heavy atom. The third kappa shape index (κ3) is 9.63. The van der Waals surface area contributed by atoms with E-state index in [0.717, 1.165) is 83.8 Å². The minimum atomic E-state index is -0.361. The number of carbonyl (C=O) groups is 1. The highest BCUT2D eigenvalue weighted by Gasteiger charge is 2.51. The van der Waals surface area contributed by atoms with Crippen LogP contribution in [0.2, 0.25) is 0 Å². The first-order valence-corrected chi connectivity index (χ1v) is 17.3. The summed E-state index contributed by atoms with van der Waals surface area (Å²) in [6, 6.07) is 0. The molecule has 0 amide bonds. The van der Waals surface area contributed by atoms with Crippen molar-refractivity contribution in [2.45, 2.75) is 151 Å². The number of halogens is 1. The van der Waals surface area contributed by atoms with Gasteiger partial charge in [-0.1, -0.05) is 60.9 Å². The van der Waals surface area contributed by atoms with E-state index in [0.29, 0.717) is 16.3 Å². The predicted molar refractivity (Wildman–Crippen MR) is 163 cm³/mol. The number of hydrogen-bond donors (Lipinski definition) is 0. The van der Waals surface area contributed by atoms with E-state index in [1.807, 2.05) is 0 Å². The molecule has 0 aromatic rings. The molecular formula is C32H53IO7. The summed E-state index contributed by atoms with van der Waals surface area (Å²) in [5.41, 5.74) is -0.361. The zero-order chi connectivity index (χ0) is 28.4. The molecule has 1 aliphatic carbocycles. The molecule has 7 nitrogen and oxygen atoms in total. The van der Waals surface area contributed by atoms with Crippen molar-refractivity contribution in [1.82, 2.24) is 0 Å². The first-order valence-electron chi connectivity index (χ1n) is 16.0. The van der Waals surface area contributed by atoms with Crippen molar-refractivity contribution >= 4 is 28.6 Å². The lowest BCUT2D eigenvalue weighted by atomic mass is 9.87. The molecule has 5 unspecified atom stereocenters. The fraction of sp³-hybridized carbons (Fsp3) is 0.906. The molecule has 0 spiro atoms. The van der Waals surface area contributed by atoms with Crippen LogP contribution in [0.1, 0.15) is 110 Å². The van der Waals surface area contributed by atoms with Gasteiger partial charge < -0.3 is 28.4 Å². The first-order chi connectivity index (χ1) is 19.4. The van der Waals surface area contributed by atoms with Gasteiger partial charge in [-0.15, -0.1) is 0 Å². The number of unbranched alkanes of at least 4 members (excludes halogenated alkanes) is 2. The number of rotatable bonds is 15. The molecule has 40 heavy (non-hydrogen) atoms. The molecule has 8 heteroatoms. The maximum Gasteiger partial charge on any atom is 0.305 e. The van der Waals surface area contributed by atoms with Crippen molar-refractivity contribution in [3.8, 4) is 0 Å². The molecule has 4 aliphatic rings. The number of methoxy groups -OCH3 is 1. The zero-order valence-corrected chi connectivity index (χ0v) is 27.2. The fourth-order valence-corrected chi connectivity index (χ4v) is 7.72. The summed E-state index contributed by atoms with van der Waals surface area (Å²) in [7, 11) is 1.46. The Bertz CT molecular complexity index is 781. The Morgan fingerprint density at radius 1 is 1.05 bits per heavy atom. The second-order valence-corrected chi connectivity index (χ2v) is 14.0. The van der Waals surface area contributed by atoms with Crippen LogP contribution in [0.5, 0.6) is 0 Å². The number of alkyl halides is 1. The Hall–Kier alpha value is -0.260. The van der Waals surface area contributed by atoms with Crippen molar-refractivity contribution in [1.29, 1.82) is 0 Å². The van der Waals surface area contributed by atoms with E-state index in [1.54, 1.807) is 0 Å². The third-order valence-electron chi connectivity index (χ3n) is 9.16. The molecule has 9 atom stereocenters. The van der Waals surface area contributed by atoms with Crippen LogP contribution in [0.25, 0.3) is 0 Å². The van der Waals surface area contributed by atoms with Gasteiger partial charge in [-0.3, -0.25) is 4.79 Å². The average molecular weight is 677 g/mol. The number of hydrogen-bond acceptors (Lipinski definition) is 7. The fourth-order valence-electron chi connectivity index (χ4n) is 6.81. The normalized spacial score (nSPS) is 35.0. The molecule has 0 aromatic heterocycles. The minimum absolute atomic E-state index is 0.0908. The zero-order valence-electron chi connectivity index (χ0n) is 25.0.